The van der Waals surface area contributed by atoms with E-state index in [1.165, 1.54) is 5.56 Å². The van der Waals surface area contributed by atoms with Crippen LogP contribution in [0.4, 0.5) is 0 Å². The summed E-state index contributed by atoms with van der Waals surface area (Å²) in [5, 5.41) is 0. The highest BCUT2D eigenvalue weighted by Gasteiger charge is 2.24. The Morgan fingerprint density at radius 3 is 2.52 bits per heavy atom. The molecule has 2 aromatic carbocycles. The van der Waals surface area contributed by atoms with Crippen molar-refractivity contribution in [1.82, 2.24) is 0 Å². The largest absolute Gasteiger partial charge is 0.402 e. The molecule has 0 aromatic heterocycles. The monoisotopic (exact) mass is 369 g/mol. The van der Waals surface area contributed by atoms with E-state index in [1.54, 1.807) is 6.08 Å². The summed E-state index contributed by atoms with van der Waals surface area (Å²) < 4.78 is 6.24. The van der Waals surface area contributed by atoms with Crippen molar-refractivity contribution in [2.24, 2.45) is 4.99 Å². The second-order valence-electron chi connectivity index (χ2n) is 5.67. The molecule has 0 unspecified atom stereocenters. The molecule has 0 saturated carbocycles. The van der Waals surface area contributed by atoms with Crippen LogP contribution >= 0.6 is 15.9 Å². The normalized spacial score (nSPS) is 15.9. The van der Waals surface area contributed by atoms with Crippen LogP contribution in [0.15, 0.2) is 63.7 Å². The summed E-state index contributed by atoms with van der Waals surface area (Å²) in [6, 6.07) is 15.6. The van der Waals surface area contributed by atoms with E-state index >= 15 is 0 Å². The zero-order chi connectivity index (χ0) is 16.4. The summed E-state index contributed by atoms with van der Waals surface area (Å²) >= 11 is 3.41. The van der Waals surface area contributed by atoms with Crippen molar-refractivity contribution in [1.29, 1.82) is 0 Å². The number of carbonyl (C=O) groups excluding carboxylic acids is 1. The third-order valence-corrected chi connectivity index (χ3v) is 4.09. The van der Waals surface area contributed by atoms with Crippen molar-refractivity contribution in [2.45, 2.75) is 19.8 Å². The molecule has 2 aromatic rings. The number of rotatable bonds is 3. The van der Waals surface area contributed by atoms with Crippen LogP contribution in [0.5, 0.6) is 0 Å². The molecule has 0 amide bonds. The number of halogens is 1. The standard InChI is InChI=1S/C19H16BrNO2/c1-12(2)14-6-8-15(9-7-14)18-21-17(19(22)23-18)11-13-4-3-5-16(20)10-13/h3-12H,1-2H3/b17-11-. The van der Waals surface area contributed by atoms with Gasteiger partial charge in [0.2, 0.25) is 5.90 Å². The molecule has 4 heteroatoms. The maximum atomic E-state index is 12.0. The van der Waals surface area contributed by atoms with Gasteiger partial charge in [-0.2, -0.15) is 0 Å². The van der Waals surface area contributed by atoms with Crippen molar-refractivity contribution in [3.05, 3.63) is 75.4 Å². The van der Waals surface area contributed by atoms with Gasteiger partial charge in [-0.3, -0.25) is 0 Å². The smallest absolute Gasteiger partial charge is 0.363 e. The Morgan fingerprint density at radius 2 is 1.87 bits per heavy atom. The molecule has 0 N–H and O–H groups in total. The first-order valence-electron chi connectivity index (χ1n) is 7.41. The van der Waals surface area contributed by atoms with Crippen LogP contribution in [0.2, 0.25) is 0 Å². The number of esters is 1. The van der Waals surface area contributed by atoms with Gasteiger partial charge >= 0.3 is 5.97 Å². The maximum Gasteiger partial charge on any atom is 0.363 e. The van der Waals surface area contributed by atoms with Crippen LogP contribution in [0.1, 0.15) is 36.5 Å². The molecule has 0 atom stereocenters. The average Bonchev–Trinajstić information content (AvgIpc) is 2.88. The van der Waals surface area contributed by atoms with Crippen molar-refractivity contribution in [2.75, 3.05) is 0 Å². The van der Waals surface area contributed by atoms with Crippen LogP contribution in [-0.4, -0.2) is 11.9 Å². The molecule has 0 spiro atoms. The van der Waals surface area contributed by atoms with Gasteiger partial charge in [-0.1, -0.05) is 54.0 Å². The molecule has 116 valence electrons. The number of hydrogen-bond acceptors (Lipinski definition) is 3. The molecule has 3 rings (SSSR count). The number of benzene rings is 2. The van der Waals surface area contributed by atoms with E-state index in [4.69, 9.17) is 4.74 Å². The Balaban J connectivity index is 1.89. The Bertz CT molecular complexity index is 804. The summed E-state index contributed by atoms with van der Waals surface area (Å²) in [6.45, 7) is 4.28. The lowest BCUT2D eigenvalue weighted by molar-refractivity contribution is -0.129. The quantitative estimate of drug-likeness (QED) is 0.568. The van der Waals surface area contributed by atoms with E-state index < -0.39 is 5.97 Å². The molecule has 23 heavy (non-hydrogen) atoms. The Labute approximate surface area is 143 Å². The number of hydrogen-bond donors (Lipinski definition) is 0. The van der Waals surface area contributed by atoms with Crippen LogP contribution in [0.3, 0.4) is 0 Å². The van der Waals surface area contributed by atoms with E-state index in [1.807, 2.05) is 48.5 Å². The molecule has 0 bridgehead atoms. The van der Waals surface area contributed by atoms with E-state index in [9.17, 15) is 4.79 Å². The van der Waals surface area contributed by atoms with Crippen LogP contribution in [-0.2, 0) is 9.53 Å². The fraction of sp³-hybridized carbons (Fsp3) is 0.158. The SMILES string of the molecule is CC(C)c1ccc(C2=N/C(=C\c3cccc(Br)c3)C(=O)O2)cc1. The summed E-state index contributed by atoms with van der Waals surface area (Å²) in [5.74, 6) is 0.392. The maximum absolute atomic E-state index is 12.0. The third kappa shape index (κ3) is 3.59. The van der Waals surface area contributed by atoms with E-state index in [2.05, 4.69) is 34.8 Å². The first-order chi connectivity index (χ1) is 11.0. The zero-order valence-corrected chi connectivity index (χ0v) is 14.5. The molecule has 0 radical (unpaired) electrons. The lowest BCUT2D eigenvalue weighted by Gasteiger charge is -2.05. The minimum Gasteiger partial charge on any atom is -0.402 e. The van der Waals surface area contributed by atoms with Crippen molar-refractivity contribution in [3.63, 3.8) is 0 Å². The van der Waals surface area contributed by atoms with E-state index in [0.717, 1.165) is 15.6 Å². The van der Waals surface area contributed by atoms with Crippen molar-refractivity contribution < 1.29 is 9.53 Å². The first kappa shape index (κ1) is 15.7. The first-order valence-corrected chi connectivity index (χ1v) is 8.21. The zero-order valence-electron chi connectivity index (χ0n) is 12.9. The molecule has 0 saturated heterocycles. The van der Waals surface area contributed by atoms with Gasteiger partial charge in [0.05, 0.1) is 0 Å². The van der Waals surface area contributed by atoms with Crippen molar-refractivity contribution >= 4 is 33.9 Å². The molecule has 0 fully saturated rings. The molecular weight excluding hydrogens is 354 g/mol. The number of nitrogens with zero attached hydrogens (tertiary/aromatic N) is 1. The van der Waals surface area contributed by atoms with Gasteiger partial charge in [0.15, 0.2) is 5.70 Å². The number of cyclic esters (lactones) is 1. The fourth-order valence-corrected chi connectivity index (χ4v) is 2.71. The minimum atomic E-state index is -0.423. The van der Waals surface area contributed by atoms with Crippen LogP contribution in [0, 0.1) is 0 Å². The molecule has 3 nitrogen and oxygen atoms in total. The average molecular weight is 370 g/mol. The van der Waals surface area contributed by atoms with Crippen LogP contribution < -0.4 is 0 Å². The van der Waals surface area contributed by atoms with Gasteiger partial charge < -0.3 is 4.74 Å². The van der Waals surface area contributed by atoms with Gasteiger partial charge in [-0.05, 0) is 47.4 Å². The summed E-state index contributed by atoms with van der Waals surface area (Å²) in [4.78, 5) is 16.3. The lowest BCUT2D eigenvalue weighted by Crippen LogP contribution is -2.05. The highest BCUT2D eigenvalue weighted by atomic mass is 79.9. The summed E-state index contributed by atoms with van der Waals surface area (Å²) in [6.07, 6.45) is 1.72. The van der Waals surface area contributed by atoms with Gasteiger partial charge in [0, 0.05) is 10.0 Å². The second-order valence-corrected chi connectivity index (χ2v) is 6.58. The highest BCUT2D eigenvalue weighted by molar-refractivity contribution is 9.10. The Morgan fingerprint density at radius 1 is 1.13 bits per heavy atom. The topological polar surface area (TPSA) is 38.7 Å². The summed E-state index contributed by atoms with van der Waals surface area (Å²) in [7, 11) is 0. The lowest BCUT2D eigenvalue weighted by atomic mass is 10.0. The van der Waals surface area contributed by atoms with Crippen LogP contribution in [0.25, 0.3) is 6.08 Å². The van der Waals surface area contributed by atoms with Crippen molar-refractivity contribution in [3.8, 4) is 0 Å². The molecule has 1 aliphatic rings. The van der Waals surface area contributed by atoms with Gasteiger partial charge in [0.25, 0.3) is 0 Å². The van der Waals surface area contributed by atoms with E-state index in [0.29, 0.717) is 17.5 Å². The Hall–Kier alpha value is -2.20. The van der Waals surface area contributed by atoms with Gasteiger partial charge in [-0.25, -0.2) is 9.79 Å². The minimum absolute atomic E-state index is 0.311. The highest BCUT2D eigenvalue weighted by Crippen LogP contribution is 2.22. The molecule has 1 aliphatic heterocycles. The molecule has 0 aliphatic carbocycles. The molecular formula is C19H16BrNO2. The van der Waals surface area contributed by atoms with Gasteiger partial charge in [-0.15, -0.1) is 0 Å². The van der Waals surface area contributed by atoms with Gasteiger partial charge in [0.1, 0.15) is 0 Å². The number of ether oxygens (including phenoxy) is 1. The fourth-order valence-electron chi connectivity index (χ4n) is 2.30. The predicted molar refractivity (Wildman–Crippen MR) is 95.3 cm³/mol. The third-order valence-electron chi connectivity index (χ3n) is 3.60. The molecule has 1 heterocycles. The number of aliphatic imine (C=N–C) groups is 1. The predicted octanol–water partition coefficient (Wildman–Crippen LogP) is 4.92. The number of carbonyl (C=O) groups is 1. The Kier molecular flexibility index (Phi) is 4.44. The summed E-state index contributed by atoms with van der Waals surface area (Å²) in [5.41, 5.74) is 3.25. The second kappa shape index (κ2) is 6.50. The van der Waals surface area contributed by atoms with E-state index in [-0.39, 0.29) is 0 Å².